The molecule has 2 heteroatoms. The summed E-state index contributed by atoms with van der Waals surface area (Å²) in [5.74, 6) is 1.45. The van der Waals surface area contributed by atoms with Crippen LogP contribution in [0.4, 0.5) is 0 Å². The second-order valence-corrected chi connectivity index (χ2v) is 6.62. The number of hydrogen-bond donors (Lipinski definition) is 0. The van der Waals surface area contributed by atoms with Gasteiger partial charge >= 0.3 is 0 Å². The first-order valence-electron chi connectivity index (χ1n) is 7.22. The molecule has 0 saturated heterocycles. The van der Waals surface area contributed by atoms with Crippen LogP contribution in [0.5, 0.6) is 0 Å². The van der Waals surface area contributed by atoms with Crippen molar-refractivity contribution in [3.8, 4) is 0 Å². The number of ketones is 1. The lowest BCUT2D eigenvalue weighted by Gasteiger charge is -2.16. The maximum absolute atomic E-state index is 12.5. The monoisotopic (exact) mass is 294 g/mol. The Kier molecular flexibility index (Phi) is 3.98. The van der Waals surface area contributed by atoms with Crippen molar-refractivity contribution in [3.63, 3.8) is 0 Å². The Hall–Kier alpha value is -1.80. The van der Waals surface area contributed by atoms with Crippen LogP contribution in [0.15, 0.2) is 59.0 Å². The van der Waals surface area contributed by atoms with Crippen LogP contribution >= 0.6 is 11.8 Å². The third-order valence-corrected chi connectivity index (χ3v) is 4.87. The Balaban J connectivity index is 1.89. The molecule has 1 aliphatic heterocycles. The second-order valence-electron chi connectivity index (χ2n) is 5.60. The fourth-order valence-electron chi connectivity index (χ4n) is 2.46. The highest BCUT2D eigenvalue weighted by Crippen LogP contribution is 2.33. The molecule has 0 N–H and O–H groups in total. The summed E-state index contributed by atoms with van der Waals surface area (Å²) in [7, 11) is 0. The average molecular weight is 294 g/mol. The van der Waals surface area contributed by atoms with Crippen LogP contribution in [-0.4, -0.2) is 11.5 Å². The van der Waals surface area contributed by atoms with E-state index in [-0.39, 0.29) is 5.78 Å². The van der Waals surface area contributed by atoms with E-state index >= 15 is 0 Å². The normalized spacial score (nSPS) is 16.3. The largest absolute Gasteiger partial charge is 0.289 e. The summed E-state index contributed by atoms with van der Waals surface area (Å²) in [6, 6.07) is 16.3. The quantitative estimate of drug-likeness (QED) is 0.710. The van der Waals surface area contributed by atoms with Crippen LogP contribution in [0.25, 0.3) is 6.08 Å². The predicted molar refractivity (Wildman–Crippen MR) is 90.0 cm³/mol. The Labute approximate surface area is 130 Å². The first-order valence-corrected chi connectivity index (χ1v) is 8.21. The fraction of sp³-hybridized carbons (Fsp3) is 0.211. The van der Waals surface area contributed by atoms with Crippen LogP contribution in [0.2, 0.25) is 0 Å². The molecule has 0 unspecified atom stereocenters. The van der Waals surface area contributed by atoms with Crippen molar-refractivity contribution in [1.82, 2.24) is 0 Å². The number of carbonyl (C=O) groups excluding carboxylic acids is 1. The van der Waals surface area contributed by atoms with Crippen molar-refractivity contribution < 1.29 is 4.79 Å². The molecule has 0 saturated carbocycles. The van der Waals surface area contributed by atoms with Crippen molar-refractivity contribution in [2.24, 2.45) is 0 Å². The third kappa shape index (κ3) is 2.96. The van der Waals surface area contributed by atoms with Crippen molar-refractivity contribution in [1.29, 1.82) is 0 Å². The molecular formula is C19H18OS. The van der Waals surface area contributed by atoms with Gasteiger partial charge in [-0.05, 0) is 35.3 Å². The molecule has 106 valence electrons. The maximum Gasteiger partial charge on any atom is 0.191 e. The molecule has 2 aromatic rings. The maximum atomic E-state index is 12.5. The molecule has 1 nitrogen and oxygen atoms in total. The van der Waals surface area contributed by atoms with Crippen LogP contribution in [0.1, 0.15) is 41.3 Å². The Morgan fingerprint density at radius 3 is 2.48 bits per heavy atom. The van der Waals surface area contributed by atoms with Gasteiger partial charge in [-0.1, -0.05) is 50.2 Å². The fourth-order valence-corrected chi connectivity index (χ4v) is 3.48. The molecule has 0 bridgehead atoms. The zero-order chi connectivity index (χ0) is 14.8. The lowest BCUT2D eigenvalue weighted by molar-refractivity contribution is 0.103. The van der Waals surface area contributed by atoms with Gasteiger partial charge < -0.3 is 0 Å². The minimum absolute atomic E-state index is 0.164. The molecule has 0 aliphatic carbocycles. The van der Waals surface area contributed by atoms with Gasteiger partial charge in [0.05, 0.1) is 0 Å². The molecule has 1 heterocycles. The van der Waals surface area contributed by atoms with E-state index in [4.69, 9.17) is 0 Å². The first kappa shape index (κ1) is 14.2. The van der Waals surface area contributed by atoms with E-state index in [0.717, 1.165) is 27.3 Å². The molecule has 2 aromatic carbocycles. The van der Waals surface area contributed by atoms with Gasteiger partial charge in [-0.2, -0.15) is 0 Å². The van der Waals surface area contributed by atoms with Gasteiger partial charge in [0.1, 0.15) is 0 Å². The van der Waals surface area contributed by atoms with Crippen LogP contribution in [0, 0.1) is 0 Å². The van der Waals surface area contributed by atoms with E-state index in [2.05, 4.69) is 38.1 Å². The number of fused-ring (bicyclic) bond motifs is 1. The lowest BCUT2D eigenvalue weighted by atomic mass is 9.99. The van der Waals surface area contributed by atoms with Crippen LogP contribution in [-0.2, 0) is 0 Å². The van der Waals surface area contributed by atoms with Gasteiger partial charge in [0.25, 0.3) is 0 Å². The number of thioether (sulfide) groups is 1. The molecular weight excluding hydrogens is 276 g/mol. The topological polar surface area (TPSA) is 17.1 Å². The van der Waals surface area contributed by atoms with E-state index in [1.807, 2.05) is 30.3 Å². The second kappa shape index (κ2) is 5.90. The summed E-state index contributed by atoms with van der Waals surface area (Å²) in [5, 5.41) is 0. The summed E-state index contributed by atoms with van der Waals surface area (Å²) in [6.45, 7) is 4.37. The van der Waals surface area contributed by atoms with Gasteiger partial charge in [0.15, 0.2) is 5.78 Å². The molecule has 0 amide bonds. The van der Waals surface area contributed by atoms with Gasteiger partial charge in [-0.25, -0.2) is 0 Å². The van der Waals surface area contributed by atoms with Crippen molar-refractivity contribution >= 4 is 23.6 Å². The van der Waals surface area contributed by atoms with Gasteiger partial charge in [-0.3, -0.25) is 4.79 Å². The molecule has 1 aliphatic rings. The summed E-state index contributed by atoms with van der Waals surface area (Å²) >= 11 is 1.74. The average Bonchev–Trinajstić information content (AvgIpc) is 2.51. The standard InChI is InChI=1S/C19H18OS/c1-13(2)15-9-7-14(8-10-15)11-16-12-21-18-6-4-3-5-17(18)19(16)20/h3-11,13H,12H2,1-2H3/b16-11+. The summed E-state index contributed by atoms with van der Waals surface area (Å²) in [5.41, 5.74) is 4.14. The summed E-state index contributed by atoms with van der Waals surface area (Å²) < 4.78 is 0. The van der Waals surface area contributed by atoms with Crippen LogP contribution in [0.3, 0.4) is 0 Å². The van der Waals surface area contributed by atoms with E-state index in [9.17, 15) is 4.79 Å². The number of Topliss-reactive ketones (excluding diaryl/α,β-unsaturated/α-hetero) is 1. The predicted octanol–water partition coefficient (Wildman–Crippen LogP) is 5.18. The SMILES string of the molecule is CC(C)c1ccc(/C=C2\CSc3ccccc3C2=O)cc1. The highest BCUT2D eigenvalue weighted by Gasteiger charge is 2.21. The third-order valence-electron chi connectivity index (χ3n) is 3.75. The number of benzene rings is 2. The van der Waals surface area contributed by atoms with Crippen LogP contribution < -0.4 is 0 Å². The van der Waals surface area contributed by atoms with Gasteiger partial charge in [0, 0.05) is 21.8 Å². The van der Waals surface area contributed by atoms with Crippen molar-refractivity contribution in [2.45, 2.75) is 24.7 Å². The smallest absolute Gasteiger partial charge is 0.191 e. The van der Waals surface area contributed by atoms with Crippen molar-refractivity contribution in [3.05, 3.63) is 70.8 Å². The Morgan fingerprint density at radius 2 is 1.76 bits per heavy atom. The Bertz CT molecular complexity index is 696. The summed E-state index contributed by atoms with van der Waals surface area (Å²) in [6.07, 6.45) is 2.02. The molecule has 0 atom stereocenters. The van der Waals surface area contributed by atoms with E-state index in [1.165, 1.54) is 5.56 Å². The highest BCUT2D eigenvalue weighted by atomic mass is 32.2. The number of rotatable bonds is 2. The molecule has 0 fully saturated rings. The molecule has 0 radical (unpaired) electrons. The molecule has 3 rings (SSSR count). The minimum Gasteiger partial charge on any atom is -0.289 e. The number of carbonyl (C=O) groups is 1. The van der Waals surface area contributed by atoms with Gasteiger partial charge in [0.2, 0.25) is 0 Å². The van der Waals surface area contributed by atoms with E-state index in [0.29, 0.717) is 5.92 Å². The molecule has 0 spiro atoms. The van der Waals surface area contributed by atoms with E-state index in [1.54, 1.807) is 11.8 Å². The minimum atomic E-state index is 0.164. The zero-order valence-electron chi connectivity index (χ0n) is 12.3. The lowest BCUT2D eigenvalue weighted by Crippen LogP contribution is -2.12. The Morgan fingerprint density at radius 1 is 1.05 bits per heavy atom. The van der Waals surface area contributed by atoms with Gasteiger partial charge in [-0.15, -0.1) is 11.8 Å². The summed E-state index contributed by atoms with van der Waals surface area (Å²) in [4.78, 5) is 13.6. The highest BCUT2D eigenvalue weighted by molar-refractivity contribution is 7.99. The molecule has 0 aromatic heterocycles. The van der Waals surface area contributed by atoms with Crippen molar-refractivity contribution in [2.75, 3.05) is 5.75 Å². The number of hydrogen-bond acceptors (Lipinski definition) is 2. The first-order chi connectivity index (χ1) is 10.1. The van der Waals surface area contributed by atoms with E-state index < -0.39 is 0 Å². The molecule has 21 heavy (non-hydrogen) atoms. The zero-order valence-corrected chi connectivity index (χ0v) is 13.1.